The summed E-state index contributed by atoms with van der Waals surface area (Å²) in [5, 5.41) is 22.4. The van der Waals surface area contributed by atoms with Crippen LogP contribution < -0.4 is 10.1 Å². The summed E-state index contributed by atoms with van der Waals surface area (Å²) in [4.78, 5) is 10.8. The zero-order chi connectivity index (χ0) is 15.4. The number of rotatable bonds is 7. The lowest BCUT2D eigenvalue weighted by Gasteiger charge is -2.21. The third-order valence-corrected chi connectivity index (χ3v) is 3.39. The van der Waals surface area contributed by atoms with Gasteiger partial charge in [-0.2, -0.15) is 0 Å². The molecule has 1 saturated carbocycles. The van der Waals surface area contributed by atoms with Gasteiger partial charge in [-0.05, 0) is 37.0 Å². The summed E-state index contributed by atoms with van der Waals surface area (Å²) in [6, 6.07) is 3.84. The van der Waals surface area contributed by atoms with Crippen molar-refractivity contribution in [1.82, 2.24) is 5.32 Å². The van der Waals surface area contributed by atoms with Gasteiger partial charge in [0.1, 0.15) is 23.8 Å². The number of carbonyl (C=O) groups excluding carboxylic acids is 1. The zero-order valence-corrected chi connectivity index (χ0v) is 11.9. The van der Waals surface area contributed by atoms with Gasteiger partial charge in [0.2, 0.25) is 5.91 Å². The molecule has 0 radical (unpaired) electrons. The number of hydrogen-bond acceptors (Lipinski definition) is 4. The third kappa shape index (κ3) is 4.68. The second kappa shape index (κ2) is 6.87. The summed E-state index contributed by atoms with van der Waals surface area (Å²) >= 11 is 0. The number of benzene rings is 1. The van der Waals surface area contributed by atoms with Crippen molar-refractivity contribution in [2.75, 3.05) is 13.2 Å². The summed E-state index contributed by atoms with van der Waals surface area (Å²) in [7, 11) is 0. The second-order valence-corrected chi connectivity index (χ2v) is 5.39. The lowest BCUT2D eigenvalue weighted by Crippen LogP contribution is -2.34. The molecule has 5 nitrogen and oxygen atoms in total. The van der Waals surface area contributed by atoms with Gasteiger partial charge in [-0.15, -0.1) is 0 Å². The van der Waals surface area contributed by atoms with E-state index in [1.165, 1.54) is 19.1 Å². The van der Waals surface area contributed by atoms with E-state index in [0.717, 1.165) is 18.9 Å². The predicted octanol–water partition coefficient (Wildman–Crippen LogP) is 1.14. The monoisotopic (exact) mass is 297 g/mol. The highest BCUT2D eigenvalue weighted by atomic mass is 19.1. The fourth-order valence-electron chi connectivity index (χ4n) is 1.94. The molecule has 2 unspecified atom stereocenters. The summed E-state index contributed by atoms with van der Waals surface area (Å²) in [5.41, 5.74) is 0.188. The van der Waals surface area contributed by atoms with Crippen molar-refractivity contribution < 1.29 is 24.1 Å². The molecule has 1 fully saturated rings. The average molecular weight is 297 g/mol. The Morgan fingerprint density at radius 3 is 2.81 bits per heavy atom. The van der Waals surface area contributed by atoms with Crippen LogP contribution in [0.5, 0.6) is 5.75 Å². The molecule has 0 heterocycles. The maximum Gasteiger partial charge on any atom is 0.216 e. The highest BCUT2D eigenvalue weighted by Crippen LogP contribution is 2.33. The first kappa shape index (κ1) is 15.7. The Labute approximate surface area is 122 Å². The Hall–Kier alpha value is -1.66. The Balaban J connectivity index is 2.07. The van der Waals surface area contributed by atoms with Crippen LogP contribution in [0.4, 0.5) is 4.39 Å². The number of halogens is 1. The third-order valence-electron chi connectivity index (χ3n) is 3.39. The fourth-order valence-corrected chi connectivity index (χ4v) is 1.94. The van der Waals surface area contributed by atoms with Gasteiger partial charge in [0.15, 0.2) is 0 Å². The van der Waals surface area contributed by atoms with Gasteiger partial charge < -0.3 is 20.3 Å². The van der Waals surface area contributed by atoms with Gasteiger partial charge in [0, 0.05) is 19.0 Å². The van der Waals surface area contributed by atoms with E-state index >= 15 is 0 Å². The van der Waals surface area contributed by atoms with Crippen molar-refractivity contribution in [1.29, 1.82) is 0 Å². The molecule has 1 aromatic carbocycles. The lowest BCUT2D eigenvalue weighted by atomic mass is 10.0. The highest BCUT2D eigenvalue weighted by molar-refractivity contribution is 5.72. The Morgan fingerprint density at radius 2 is 2.19 bits per heavy atom. The molecule has 0 saturated heterocycles. The van der Waals surface area contributed by atoms with Gasteiger partial charge in [0.25, 0.3) is 0 Å². The van der Waals surface area contributed by atoms with Gasteiger partial charge in [0.05, 0.1) is 6.61 Å². The van der Waals surface area contributed by atoms with E-state index in [-0.39, 0.29) is 18.0 Å². The number of ether oxygens (including phenoxy) is 1. The number of nitrogens with one attached hydrogen (secondary N) is 1. The van der Waals surface area contributed by atoms with Crippen LogP contribution in [0.3, 0.4) is 0 Å². The predicted molar refractivity (Wildman–Crippen MR) is 74.3 cm³/mol. The van der Waals surface area contributed by atoms with Crippen molar-refractivity contribution in [3.05, 3.63) is 29.6 Å². The minimum Gasteiger partial charge on any atom is -0.493 e. The van der Waals surface area contributed by atoms with Crippen LogP contribution in [0.2, 0.25) is 0 Å². The molecular formula is C15H20FNO4. The molecule has 0 spiro atoms. The largest absolute Gasteiger partial charge is 0.493 e. The molecule has 0 aliphatic heterocycles. The minimum atomic E-state index is -1.33. The number of amides is 1. The summed E-state index contributed by atoms with van der Waals surface area (Å²) in [6.45, 7) is 1.72. The van der Waals surface area contributed by atoms with Crippen molar-refractivity contribution in [3.8, 4) is 5.75 Å². The van der Waals surface area contributed by atoms with Gasteiger partial charge in [-0.3, -0.25) is 4.79 Å². The quantitative estimate of drug-likeness (QED) is 0.705. The molecule has 1 aliphatic carbocycles. The molecule has 2 atom stereocenters. The van der Waals surface area contributed by atoms with E-state index in [9.17, 15) is 19.4 Å². The van der Waals surface area contributed by atoms with Crippen LogP contribution in [-0.2, 0) is 4.79 Å². The summed E-state index contributed by atoms with van der Waals surface area (Å²) < 4.78 is 19.0. The van der Waals surface area contributed by atoms with E-state index in [2.05, 4.69) is 5.32 Å². The molecule has 0 bridgehead atoms. The average Bonchev–Trinajstić information content (AvgIpc) is 3.26. The van der Waals surface area contributed by atoms with Gasteiger partial charge in [-0.25, -0.2) is 4.39 Å². The molecule has 2 rings (SSSR count). The Morgan fingerprint density at radius 1 is 1.48 bits per heavy atom. The van der Waals surface area contributed by atoms with E-state index in [4.69, 9.17) is 4.74 Å². The van der Waals surface area contributed by atoms with Crippen molar-refractivity contribution in [2.45, 2.75) is 32.0 Å². The van der Waals surface area contributed by atoms with E-state index in [0.29, 0.717) is 18.3 Å². The Kier molecular flexibility index (Phi) is 5.14. The van der Waals surface area contributed by atoms with Crippen LogP contribution in [0.1, 0.15) is 31.4 Å². The maximum atomic E-state index is 13.4. The molecule has 116 valence electrons. The first-order chi connectivity index (χ1) is 9.97. The standard InChI is InChI=1S/C15H20FNO4/c1-9(18)17-7-13(19)15(20)12-6-11(16)4-5-14(12)21-8-10-2-3-10/h4-6,10,13,15,19-20H,2-3,7-8H2,1H3,(H,17,18). The van der Waals surface area contributed by atoms with E-state index in [1.807, 2.05) is 0 Å². The molecule has 1 amide bonds. The minimum absolute atomic E-state index is 0.116. The Bertz CT molecular complexity index is 504. The fraction of sp³-hybridized carbons (Fsp3) is 0.533. The van der Waals surface area contributed by atoms with Crippen molar-refractivity contribution in [2.24, 2.45) is 5.92 Å². The lowest BCUT2D eigenvalue weighted by molar-refractivity contribution is -0.119. The van der Waals surface area contributed by atoms with E-state index < -0.39 is 18.0 Å². The molecule has 3 N–H and O–H groups in total. The van der Waals surface area contributed by atoms with Crippen LogP contribution in [0.15, 0.2) is 18.2 Å². The van der Waals surface area contributed by atoms with Crippen LogP contribution in [-0.4, -0.2) is 35.4 Å². The summed E-state index contributed by atoms with van der Waals surface area (Å²) in [5.74, 6) is 0.0438. The highest BCUT2D eigenvalue weighted by Gasteiger charge is 2.25. The number of aliphatic hydroxyl groups is 2. The van der Waals surface area contributed by atoms with Crippen molar-refractivity contribution >= 4 is 5.91 Å². The SMILES string of the molecule is CC(=O)NCC(O)C(O)c1cc(F)ccc1OCC1CC1. The van der Waals surface area contributed by atoms with Crippen LogP contribution in [0, 0.1) is 11.7 Å². The maximum absolute atomic E-state index is 13.4. The molecule has 1 aliphatic rings. The van der Waals surface area contributed by atoms with E-state index in [1.54, 1.807) is 0 Å². The first-order valence-corrected chi connectivity index (χ1v) is 7.00. The number of carbonyl (C=O) groups is 1. The smallest absolute Gasteiger partial charge is 0.216 e. The number of aliphatic hydroxyl groups excluding tert-OH is 2. The number of hydrogen-bond donors (Lipinski definition) is 3. The molecule has 6 heteroatoms. The van der Waals surface area contributed by atoms with Crippen LogP contribution in [0.25, 0.3) is 0 Å². The van der Waals surface area contributed by atoms with Crippen molar-refractivity contribution in [3.63, 3.8) is 0 Å². The molecule has 0 aromatic heterocycles. The topological polar surface area (TPSA) is 78.8 Å². The molecule has 1 aromatic rings. The zero-order valence-electron chi connectivity index (χ0n) is 11.9. The second-order valence-electron chi connectivity index (χ2n) is 5.39. The summed E-state index contributed by atoms with van der Waals surface area (Å²) in [6.07, 6.45) is -0.338. The van der Waals surface area contributed by atoms with Gasteiger partial charge >= 0.3 is 0 Å². The van der Waals surface area contributed by atoms with Gasteiger partial charge in [-0.1, -0.05) is 0 Å². The molecular weight excluding hydrogens is 277 g/mol. The van der Waals surface area contributed by atoms with Crippen LogP contribution >= 0.6 is 0 Å². The first-order valence-electron chi connectivity index (χ1n) is 7.00. The molecule has 21 heavy (non-hydrogen) atoms. The normalized spacial score (nSPS) is 17.1.